The molecule has 0 radical (unpaired) electrons. The van der Waals surface area contributed by atoms with E-state index in [-0.39, 0.29) is 6.61 Å². The van der Waals surface area contributed by atoms with Gasteiger partial charge < -0.3 is 25.3 Å². The number of hydrogen-bond donors (Lipinski definition) is 2. The molecule has 2 aromatic rings. The quantitative estimate of drug-likeness (QED) is 0.864. The number of hydrogen-bond acceptors (Lipinski definition) is 4. The molecule has 6 nitrogen and oxygen atoms in total. The number of aliphatic hydroxyl groups is 1. The highest BCUT2D eigenvalue weighted by molar-refractivity contribution is 5.87. The fraction of sp³-hybridized carbons (Fsp3) is 0.571. The van der Waals surface area contributed by atoms with E-state index in [0.29, 0.717) is 12.4 Å². The number of nitrogens with two attached hydrogens (primary N) is 1. The summed E-state index contributed by atoms with van der Waals surface area (Å²) in [6.07, 6.45) is 2.53. The van der Waals surface area contributed by atoms with Crippen molar-refractivity contribution in [2.45, 2.75) is 12.8 Å². The minimum atomic E-state index is 0.113. The number of aliphatic hydroxyl groups excluding tert-OH is 1. The van der Waals surface area contributed by atoms with Gasteiger partial charge in [0.15, 0.2) is 0 Å². The third-order valence-electron chi connectivity index (χ3n) is 4.19. The summed E-state index contributed by atoms with van der Waals surface area (Å²) in [7, 11) is 4.03. The Balaban J connectivity index is 2.07. The number of aryl methyl sites for hydroxylation is 1. The summed E-state index contributed by atoms with van der Waals surface area (Å²) in [5, 5.41) is 11.1. The number of nitrogens with zero attached hydrogens (tertiary/aromatic N) is 4. The topological polar surface area (TPSA) is 62.6 Å². The molecule has 0 atom stereocenters. The second kappa shape index (κ2) is 4.94. The zero-order chi connectivity index (χ0) is 14.3. The van der Waals surface area contributed by atoms with Crippen LogP contribution in [0.5, 0.6) is 0 Å². The molecule has 20 heavy (non-hydrogen) atoms. The zero-order valence-corrected chi connectivity index (χ0v) is 12.2. The molecule has 0 spiro atoms. The van der Waals surface area contributed by atoms with Crippen LogP contribution in [-0.2, 0) is 7.05 Å². The molecule has 6 heteroatoms. The molecule has 0 aromatic carbocycles. The van der Waals surface area contributed by atoms with Crippen molar-refractivity contribution in [1.29, 1.82) is 0 Å². The van der Waals surface area contributed by atoms with Crippen molar-refractivity contribution < 1.29 is 5.11 Å². The lowest BCUT2D eigenvalue weighted by molar-refractivity contribution is 0.296. The first-order chi connectivity index (χ1) is 9.63. The predicted octanol–water partition coefficient (Wildman–Crippen LogP) is 0.722. The largest absolute Gasteiger partial charge is 0.394 e. The molecule has 0 amide bonds. The van der Waals surface area contributed by atoms with Crippen molar-refractivity contribution in [3.63, 3.8) is 0 Å². The van der Waals surface area contributed by atoms with Crippen LogP contribution >= 0.6 is 0 Å². The fourth-order valence-electron chi connectivity index (χ4n) is 3.14. The van der Waals surface area contributed by atoms with Gasteiger partial charge in [-0.3, -0.25) is 0 Å². The van der Waals surface area contributed by atoms with Crippen LogP contribution in [0.2, 0.25) is 0 Å². The summed E-state index contributed by atoms with van der Waals surface area (Å²) in [6, 6.07) is 4.20. The maximum absolute atomic E-state index is 9.12. The first kappa shape index (κ1) is 13.2. The van der Waals surface area contributed by atoms with Gasteiger partial charge in [-0.2, -0.15) is 0 Å². The summed E-state index contributed by atoms with van der Waals surface area (Å²) in [5.41, 5.74) is 8.35. The van der Waals surface area contributed by atoms with Crippen molar-refractivity contribution in [1.82, 2.24) is 9.24 Å². The lowest BCUT2D eigenvalue weighted by Crippen LogP contribution is -2.33. The molecule has 1 saturated heterocycles. The average molecular weight is 277 g/mol. The van der Waals surface area contributed by atoms with Crippen LogP contribution in [0.4, 0.5) is 11.6 Å². The summed E-state index contributed by atoms with van der Waals surface area (Å²) in [5.74, 6) is 1.95. The molecule has 0 bridgehead atoms. The summed E-state index contributed by atoms with van der Waals surface area (Å²) < 4.78 is 4.19. The first-order valence-corrected chi connectivity index (χ1v) is 7.17. The monoisotopic (exact) mass is 277 g/mol. The maximum atomic E-state index is 9.12. The van der Waals surface area contributed by atoms with Crippen molar-refractivity contribution in [2.24, 2.45) is 7.05 Å². The Labute approximate surface area is 118 Å². The molecule has 110 valence electrons. The van der Waals surface area contributed by atoms with E-state index in [2.05, 4.69) is 22.6 Å². The Hall–Kier alpha value is -1.82. The SMILES string of the molecule is CN(CCO)n1c(N)cc2c1cc(N1CCCC1)n2C. The molecule has 3 heterocycles. The molecule has 0 aliphatic carbocycles. The molecule has 3 N–H and O–H groups in total. The van der Waals surface area contributed by atoms with Crippen LogP contribution in [0.3, 0.4) is 0 Å². The zero-order valence-electron chi connectivity index (χ0n) is 12.2. The minimum absolute atomic E-state index is 0.113. The number of likely N-dealkylation sites (N-methyl/N-ethyl adjacent to an activating group) is 1. The van der Waals surface area contributed by atoms with Crippen molar-refractivity contribution >= 4 is 22.7 Å². The number of aromatic nitrogens is 2. The van der Waals surface area contributed by atoms with Crippen LogP contribution < -0.4 is 15.6 Å². The Morgan fingerprint density at radius 3 is 2.60 bits per heavy atom. The molecule has 2 aromatic heterocycles. The minimum Gasteiger partial charge on any atom is -0.394 e. The second-order valence-corrected chi connectivity index (χ2v) is 5.51. The molecule has 0 saturated carbocycles. The first-order valence-electron chi connectivity index (χ1n) is 7.17. The Kier molecular flexibility index (Phi) is 3.25. The molecule has 1 aliphatic rings. The standard InChI is InChI=1S/C14H23N5O/c1-16(7-8-20)19-12-10-14(18-5-3-4-6-18)17(2)11(12)9-13(19)15/h9-10,20H,3-8,15H2,1-2H3. The van der Waals surface area contributed by atoms with Crippen LogP contribution in [0.1, 0.15) is 12.8 Å². The second-order valence-electron chi connectivity index (χ2n) is 5.51. The van der Waals surface area contributed by atoms with Crippen molar-refractivity contribution in [3.05, 3.63) is 12.1 Å². The number of fused-ring (bicyclic) bond motifs is 1. The molecule has 3 rings (SSSR count). The molecule has 1 aliphatic heterocycles. The Morgan fingerprint density at radius 1 is 1.25 bits per heavy atom. The number of nitrogen functional groups attached to an aromatic ring is 1. The van der Waals surface area contributed by atoms with Gasteiger partial charge in [-0.05, 0) is 12.8 Å². The predicted molar refractivity (Wildman–Crippen MR) is 82.9 cm³/mol. The molecule has 0 unspecified atom stereocenters. The summed E-state index contributed by atoms with van der Waals surface area (Å²) >= 11 is 0. The maximum Gasteiger partial charge on any atom is 0.125 e. The van der Waals surface area contributed by atoms with Gasteiger partial charge in [-0.1, -0.05) is 0 Å². The van der Waals surface area contributed by atoms with Crippen LogP contribution in [0.15, 0.2) is 12.1 Å². The average Bonchev–Trinajstić information content (AvgIpc) is 3.07. The van der Waals surface area contributed by atoms with Gasteiger partial charge in [0, 0.05) is 39.3 Å². The van der Waals surface area contributed by atoms with E-state index in [1.807, 2.05) is 22.8 Å². The van der Waals surface area contributed by atoms with E-state index in [1.165, 1.54) is 18.7 Å². The van der Waals surface area contributed by atoms with Gasteiger partial charge in [-0.25, -0.2) is 4.68 Å². The smallest absolute Gasteiger partial charge is 0.125 e. The highest BCUT2D eigenvalue weighted by Gasteiger charge is 2.20. The van der Waals surface area contributed by atoms with Crippen LogP contribution in [0, 0.1) is 0 Å². The molecular formula is C14H23N5O. The lowest BCUT2D eigenvalue weighted by atomic mass is 10.4. The normalized spacial score (nSPS) is 15.4. The van der Waals surface area contributed by atoms with E-state index in [0.717, 1.165) is 24.1 Å². The number of rotatable bonds is 4. The molecular weight excluding hydrogens is 254 g/mol. The highest BCUT2D eigenvalue weighted by atomic mass is 16.3. The van der Waals surface area contributed by atoms with Gasteiger partial charge in [0.2, 0.25) is 0 Å². The van der Waals surface area contributed by atoms with Crippen molar-refractivity contribution in [2.75, 3.05) is 48.9 Å². The van der Waals surface area contributed by atoms with Gasteiger partial charge >= 0.3 is 0 Å². The highest BCUT2D eigenvalue weighted by Crippen LogP contribution is 2.31. The van der Waals surface area contributed by atoms with E-state index >= 15 is 0 Å². The van der Waals surface area contributed by atoms with Gasteiger partial charge in [0.05, 0.1) is 24.2 Å². The van der Waals surface area contributed by atoms with Gasteiger partial charge in [0.25, 0.3) is 0 Å². The van der Waals surface area contributed by atoms with E-state index in [9.17, 15) is 0 Å². The fourth-order valence-corrected chi connectivity index (χ4v) is 3.14. The summed E-state index contributed by atoms with van der Waals surface area (Å²) in [6.45, 7) is 2.92. The van der Waals surface area contributed by atoms with Crippen LogP contribution in [-0.4, -0.2) is 47.6 Å². The van der Waals surface area contributed by atoms with Gasteiger partial charge in [0.1, 0.15) is 11.6 Å². The molecule has 1 fully saturated rings. The third kappa shape index (κ3) is 1.91. The van der Waals surface area contributed by atoms with Crippen LogP contribution in [0.25, 0.3) is 11.0 Å². The lowest BCUT2D eigenvalue weighted by Gasteiger charge is -2.22. The Bertz CT molecular complexity index is 609. The summed E-state index contributed by atoms with van der Waals surface area (Å²) in [4.78, 5) is 2.42. The van der Waals surface area contributed by atoms with Gasteiger partial charge in [-0.15, -0.1) is 0 Å². The van der Waals surface area contributed by atoms with Crippen molar-refractivity contribution in [3.8, 4) is 0 Å². The van der Waals surface area contributed by atoms with E-state index in [4.69, 9.17) is 10.8 Å². The number of anilines is 2. The Morgan fingerprint density at radius 2 is 1.95 bits per heavy atom. The third-order valence-corrected chi connectivity index (χ3v) is 4.19. The van der Waals surface area contributed by atoms with E-state index < -0.39 is 0 Å². The van der Waals surface area contributed by atoms with E-state index in [1.54, 1.807) is 0 Å².